The molecule has 0 fully saturated rings. The monoisotopic (exact) mass is 407 g/mol. The van der Waals surface area contributed by atoms with E-state index in [4.69, 9.17) is 11.6 Å². The van der Waals surface area contributed by atoms with Crippen molar-refractivity contribution in [3.05, 3.63) is 64.2 Å². The molecule has 0 aromatic heterocycles. The molecule has 1 N–H and O–H groups in total. The van der Waals surface area contributed by atoms with Crippen LogP contribution < -0.4 is 5.43 Å². The summed E-state index contributed by atoms with van der Waals surface area (Å²) < 4.78 is 25.9. The minimum absolute atomic E-state index is 0.0667. The van der Waals surface area contributed by atoms with Gasteiger partial charge in [-0.25, -0.2) is 13.8 Å². The van der Waals surface area contributed by atoms with E-state index in [-0.39, 0.29) is 11.4 Å². The summed E-state index contributed by atoms with van der Waals surface area (Å²) >= 11 is 5.78. The van der Waals surface area contributed by atoms with E-state index in [1.807, 2.05) is 32.0 Å². The van der Waals surface area contributed by atoms with Gasteiger partial charge in [0, 0.05) is 12.1 Å². The number of hydrogen-bond acceptors (Lipinski definition) is 4. The maximum Gasteiger partial charge on any atom is 0.255 e. The molecule has 0 atom stereocenters. The molecule has 0 spiro atoms. The highest BCUT2D eigenvalue weighted by Gasteiger charge is 2.22. The SMILES string of the molecule is C/C(=N/NC(=O)CN(C)S(=O)(=O)c1ccc(Cl)cc1)c1ccc(C)c(C)c1. The molecule has 0 radical (unpaired) electrons. The van der Waals surface area contributed by atoms with Crippen molar-refractivity contribution >= 4 is 33.2 Å². The van der Waals surface area contributed by atoms with Crippen LogP contribution in [-0.2, 0) is 14.8 Å². The maximum absolute atomic E-state index is 12.5. The summed E-state index contributed by atoms with van der Waals surface area (Å²) in [6, 6.07) is 11.7. The van der Waals surface area contributed by atoms with Crippen LogP contribution in [0, 0.1) is 13.8 Å². The number of carbonyl (C=O) groups excluding carboxylic acids is 1. The third-order valence-electron chi connectivity index (χ3n) is 4.16. The maximum atomic E-state index is 12.5. The summed E-state index contributed by atoms with van der Waals surface area (Å²) in [6.45, 7) is 5.44. The number of likely N-dealkylation sites (N-methyl/N-ethyl adjacent to an activating group) is 1. The van der Waals surface area contributed by atoms with Gasteiger partial charge in [-0.05, 0) is 67.8 Å². The van der Waals surface area contributed by atoms with Crippen LogP contribution in [0.5, 0.6) is 0 Å². The van der Waals surface area contributed by atoms with Crippen LogP contribution in [0.2, 0.25) is 5.02 Å². The fourth-order valence-corrected chi connectivity index (χ4v) is 3.54. The molecule has 0 aliphatic heterocycles. The summed E-state index contributed by atoms with van der Waals surface area (Å²) in [5.74, 6) is -0.529. The number of amides is 1. The molecular formula is C19H22ClN3O3S. The van der Waals surface area contributed by atoms with Gasteiger partial charge in [-0.1, -0.05) is 23.7 Å². The Hall–Kier alpha value is -2.22. The summed E-state index contributed by atoms with van der Waals surface area (Å²) in [6.07, 6.45) is 0. The Morgan fingerprint density at radius 1 is 1.11 bits per heavy atom. The second-order valence-corrected chi connectivity index (χ2v) is 8.73. The molecule has 0 aliphatic rings. The van der Waals surface area contributed by atoms with Crippen molar-refractivity contribution in [2.45, 2.75) is 25.7 Å². The van der Waals surface area contributed by atoms with E-state index in [9.17, 15) is 13.2 Å². The average molecular weight is 408 g/mol. The fraction of sp³-hybridized carbons (Fsp3) is 0.263. The summed E-state index contributed by atoms with van der Waals surface area (Å²) in [4.78, 5) is 12.2. The van der Waals surface area contributed by atoms with Gasteiger partial charge < -0.3 is 0 Å². The third-order valence-corrected chi connectivity index (χ3v) is 6.23. The molecule has 144 valence electrons. The lowest BCUT2D eigenvalue weighted by atomic mass is 10.0. The molecule has 8 heteroatoms. The number of aryl methyl sites for hydroxylation is 2. The number of nitrogens with one attached hydrogen (secondary N) is 1. The standard InChI is InChI=1S/C19H22ClN3O3S/c1-13-5-6-16(11-14(13)2)15(3)21-22-19(24)12-23(4)27(25,26)18-9-7-17(20)8-10-18/h5-11H,12H2,1-4H3,(H,22,24)/b21-15-. The molecule has 2 aromatic rings. The van der Waals surface area contributed by atoms with Crippen LogP contribution in [0.1, 0.15) is 23.6 Å². The minimum Gasteiger partial charge on any atom is -0.272 e. The molecule has 1 amide bonds. The molecular weight excluding hydrogens is 386 g/mol. The lowest BCUT2D eigenvalue weighted by molar-refractivity contribution is -0.121. The predicted octanol–water partition coefficient (Wildman–Crippen LogP) is 3.12. The van der Waals surface area contributed by atoms with Crippen LogP contribution in [0.25, 0.3) is 0 Å². The average Bonchev–Trinajstić information content (AvgIpc) is 2.62. The zero-order chi connectivity index (χ0) is 20.2. The van der Waals surface area contributed by atoms with E-state index < -0.39 is 15.9 Å². The van der Waals surface area contributed by atoms with Gasteiger partial charge in [0.1, 0.15) is 0 Å². The van der Waals surface area contributed by atoms with Crippen molar-refractivity contribution < 1.29 is 13.2 Å². The fourth-order valence-electron chi connectivity index (χ4n) is 2.29. The number of halogens is 1. The van der Waals surface area contributed by atoms with E-state index in [0.29, 0.717) is 10.7 Å². The molecule has 0 saturated carbocycles. The molecule has 0 saturated heterocycles. The zero-order valence-electron chi connectivity index (χ0n) is 15.7. The number of sulfonamides is 1. The third kappa shape index (κ3) is 5.38. The summed E-state index contributed by atoms with van der Waals surface area (Å²) in [7, 11) is -2.45. The number of nitrogens with zero attached hydrogens (tertiary/aromatic N) is 2. The Kier molecular flexibility index (Phi) is 6.75. The van der Waals surface area contributed by atoms with Gasteiger partial charge in [-0.2, -0.15) is 9.41 Å². The van der Waals surface area contributed by atoms with Gasteiger partial charge in [0.05, 0.1) is 17.2 Å². The zero-order valence-corrected chi connectivity index (χ0v) is 17.2. The Labute approximate surface area is 164 Å². The van der Waals surface area contributed by atoms with Crippen molar-refractivity contribution in [2.75, 3.05) is 13.6 Å². The first-order chi connectivity index (χ1) is 12.6. The van der Waals surface area contributed by atoms with Crippen LogP contribution in [0.3, 0.4) is 0 Å². The molecule has 2 aromatic carbocycles. The predicted molar refractivity (Wildman–Crippen MR) is 108 cm³/mol. The highest BCUT2D eigenvalue weighted by molar-refractivity contribution is 7.89. The largest absolute Gasteiger partial charge is 0.272 e. The van der Waals surface area contributed by atoms with Crippen molar-refractivity contribution in [3.63, 3.8) is 0 Å². The smallest absolute Gasteiger partial charge is 0.255 e. The molecule has 6 nitrogen and oxygen atoms in total. The van der Waals surface area contributed by atoms with Crippen molar-refractivity contribution in [2.24, 2.45) is 5.10 Å². The van der Waals surface area contributed by atoms with Crippen LogP contribution in [0.15, 0.2) is 52.5 Å². The first-order valence-electron chi connectivity index (χ1n) is 8.24. The number of benzene rings is 2. The van der Waals surface area contributed by atoms with E-state index in [1.54, 1.807) is 6.92 Å². The van der Waals surface area contributed by atoms with Gasteiger partial charge in [-0.15, -0.1) is 0 Å². The summed E-state index contributed by atoms with van der Waals surface area (Å²) in [5, 5.41) is 4.50. The van der Waals surface area contributed by atoms with Gasteiger partial charge in [-0.3, -0.25) is 4.79 Å². The second kappa shape index (κ2) is 8.65. The van der Waals surface area contributed by atoms with Gasteiger partial charge in [0.25, 0.3) is 5.91 Å². The topological polar surface area (TPSA) is 78.8 Å². The molecule has 27 heavy (non-hydrogen) atoms. The lowest BCUT2D eigenvalue weighted by Gasteiger charge is -2.16. The van der Waals surface area contributed by atoms with Gasteiger partial charge in [0.15, 0.2) is 0 Å². The number of carbonyl (C=O) groups is 1. The second-order valence-electron chi connectivity index (χ2n) is 6.25. The molecule has 0 unspecified atom stereocenters. The van der Waals surface area contributed by atoms with E-state index in [2.05, 4.69) is 10.5 Å². The normalized spacial score (nSPS) is 12.3. The van der Waals surface area contributed by atoms with Gasteiger partial charge in [0.2, 0.25) is 10.0 Å². The van der Waals surface area contributed by atoms with E-state index in [0.717, 1.165) is 15.4 Å². The van der Waals surface area contributed by atoms with Gasteiger partial charge >= 0.3 is 0 Å². The lowest BCUT2D eigenvalue weighted by Crippen LogP contribution is -2.36. The van der Waals surface area contributed by atoms with Crippen LogP contribution >= 0.6 is 11.6 Å². The molecule has 0 aliphatic carbocycles. The highest BCUT2D eigenvalue weighted by atomic mass is 35.5. The summed E-state index contributed by atoms with van der Waals surface area (Å²) in [5.41, 5.74) is 6.22. The van der Waals surface area contributed by atoms with E-state index in [1.165, 1.54) is 36.9 Å². The Bertz CT molecular complexity index is 970. The van der Waals surface area contributed by atoms with Crippen molar-refractivity contribution in [3.8, 4) is 0 Å². The first-order valence-corrected chi connectivity index (χ1v) is 10.1. The minimum atomic E-state index is -3.79. The quantitative estimate of drug-likeness (QED) is 0.590. The highest BCUT2D eigenvalue weighted by Crippen LogP contribution is 2.17. The van der Waals surface area contributed by atoms with Crippen molar-refractivity contribution in [1.82, 2.24) is 9.73 Å². The first kappa shape index (κ1) is 21.1. The molecule has 0 heterocycles. The Morgan fingerprint density at radius 3 is 2.33 bits per heavy atom. The Morgan fingerprint density at radius 2 is 1.74 bits per heavy atom. The molecule has 2 rings (SSSR count). The Balaban J connectivity index is 2.03. The molecule has 0 bridgehead atoms. The van der Waals surface area contributed by atoms with E-state index >= 15 is 0 Å². The number of hydrazone groups is 1. The van der Waals surface area contributed by atoms with Crippen molar-refractivity contribution in [1.29, 1.82) is 0 Å². The van der Waals surface area contributed by atoms with Crippen LogP contribution in [-0.4, -0.2) is 37.9 Å². The van der Waals surface area contributed by atoms with Crippen LogP contribution in [0.4, 0.5) is 0 Å². The number of hydrogen-bond donors (Lipinski definition) is 1. The number of rotatable bonds is 6.